The maximum atomic E-state index is 6.00. The zero-order valence-electron chi connectivity index (χ0n) is 6.89. The molecule has 0 bridgehead atoms. The Kier molecular flexibility index (Phi) is 1.81. The number of aryl methyl sites for hydroxylation is 1. The first-order chi connectivity index (χ1) is 5.81. The van der Waals surface area contributed by atoms with Crippen LogP contribution in [0.1, 0.15) is 12.6 Å². The smallest absolute Gasteiger partial charge is 0.0647 e. The summed E-state index contributed by atoms with van der Waals surface area (Å²) in [6.45, 7) is 2.12. The van der Waals surface area contributed by atoms with Crippen molar-refractivity contribution in [3.8, 4) is 0 Å². The minimum absolute atomic E-state index is 0.798. The maximum Gasteiger partial charge on any atom is 0.0647 e. The van der Waals surface area contributed by atoms with E-state index in [-0.39, 0.29) is 0 Å². The van der Waals surface area contributed by atoms with E-state index in [1.165, 1.54) is 11.1 Å². The van der Waals surface area contributed by atoms with Crippen molar-refractivity contribution in [2.75, 3.05) is 0 Å². The van der Waals surface area contributed by atoms with E-state index >= 15 is 0 Å². The Hall–Kier alpha value is -0.950. The molecule has 1 aromatic heterocycles. The average Bonchev–Trinajstić information content (AvgIpc) is 2.49. The molecule has 0 radical (unpaired) electrons. The Morgan fingerprint density at radius 3 is 2.92 bits per heavy atom. The van der Waals surface area contributed by atoms with Crippen molar-refractivity contribution in [3.63, 3.8) is 0 Å². The molecule has 0 aliphatic carbocycles. The van der Waals surface area contributed by atoms with Crippen LogP contribution in [0.25, 0.3) is 10.9 Å². The third-order valence-corrected chi connectivity index (χ3v) is 2.36. The standard InChI is InChI=1S/C10H10ClN/c1-2-8-6-7-4-3-5-9(11)10(7)12-8/h3-6,12H,2H2,1H3. The van der Waals surface area contributed by atoms with E-state index in [0.29, 0.717) is 0 Å². The Labute approximate surface area is 76.4 Å². The van der Waals surface area contributed by atoms with Gasteiger partial charge in [-0.15, -0.1) is 0 Å². The summed E-state index contributed by atoms with van der Waals surface area (Å²) in [5.74, 6) is 0. The molecule has 0 fully saturated rings. The number of aromatic amines is 1. The van der Waals surface area contributed by atoms with E-state index in [9.17, 15) is 0 Å². The number of para-hydroxylation sites is 1. The van der Waals surface area contributed by atoms with Crippen LogP contribution in [-0.2, 0) is 6.42 Å². The second kappa shape index (κ2) is 2.83. The number of aromatic nitrogens is 1. The largest absolute Gasteiger partial charge is 0.357 e. The molecule has 0 saturated carbocycles. The van der Waals surface area contributed by atoms with Gasteiger partial charge in [0.05, 0.1) is 10.5 Å². The van der Waals surface area contributed by atoms with Crippen LogP contribution < -0.4 is 0 Å². The fourth-order valence-electron chi connectivity index (χ4n) is 1.37. The SMILES string of the molecule is CCc1cc2cccc(Cl)c2[nH]1. The van der Waals surface area contributed by atoms with Crippen LogP contribution in [0.15, 0.2) is 24.3 Å². The van der Waals surface area contributed by atoms with E-state index in [0.717, 1.165) is 17.0 Å². The lowest BCUT2D eigenvalue weighted by Gasteiger charge is -1.91. The van der Waals surface area contributed by atoms with Crippen LogP contribution in [0.3, 0.4) is 0 Å². The van der Waals surface area contributed by atoms with Gasteiger partial charge in [-0.2, -0.15) is 0 Å². The Morgan fingerprint density at radius 1 is 1.42 bits per heavy atom. The molecular weight excluding hydrogens is 170 g/mol. The van der Waals surface area contributed by atoms with Gasteiger partial charge in [0.15, 0.2) is 0 Å². The van der Waals surface area contributed by atoms with E-state index in [4.69, 9.17) is 11.6 Å². The highest BCUT2D eigenvalue weighted by molar-refractivity contribution is 6.35. The molecule has 0 saturated heterocycles. The number of H-pyrrole nitrogens is 1. The molecule has 0 spiro atoms. The highest BCUT2D eigenvalue weighted by Crippen LogP contribution is 2.23. The van der Waals surface area contributed by atoms with Crippen molar-refractivity contribution < 1.29 is 0 Å². The van der Waals surface area contributed by atoms with Crippen LogP contribution in [0.2, 0.25) is 5.02 Å². The summed E-state index contributed by atoms with van der Waals surface area (Å²) >= 11 is 6.00. The number of halogens is 1. The molecule has 0 atom stereocenters. The molecule has 1 nitrogen and oxygen atoms in total. The van der Waals surface area contributed by atoms with Gasteiger partial charge in [-0.05, 0) is 18.6 Å². The van der Waals surface area contributed by atoms with E-state index in [2.05, 4.69) is 24.0 Å². The van der Waals surface area contributed by atoms with Gasteiger partial charge in [-0.1, -0.05) is 30.7 Å². The summed E-state index contributed by atoms with van der Waals surface area (Å²) in [5, 5.41) is 1.99. The summed E-state index contributed by atoms with van der Waals surface area (Å²) < 4.78 is 0. The molecule has 2 heteroatoms. The molecule has 1 aromatic carbocycles. The van der Waals surface area contributed by atoms with E-state index < -0.39 is 0 Å². The molecule has 0 aliphatic rings. The molecule has 1 heterocycles. The van der Waals surface area contributed by atoms with Crippen LogP contribution >= 0.6 is 11.6 Å². The monoisotopic (exact) mass is 179 g/mol. The molecule has 2 rings (SSSR count). The lowest BCUT2D eigenvalue weighted by molar-refractivity contribution is 1.07. The van der Waals surface area contributed by atoms with Crippen LogP contribution in [0, 0.1) is 0 Å². The summed E-state index contributed by atoms with van der Waals surface area (Å²) in [4.78, 5) is 3.28. The van der Waals surface area contributed by atoms with Gasteiger partial charge in [0, 0.05) is 11.1 Å². The Bertz CT molecular complexity index is 403. The second-order valence-corrected chi connectivity index (χ2v) is 3.26. The summed E-state index contributed by atoms with van der Waals surface area (Å²) in [6, 6.07) is 8.08. The number of benzene rings is 1. The number of rotatable bonds is 1. The third kappa shape index (κ3) is 1.10. The van der Waals surface area contributed by atoms with Crippen molar-refractivity contribution in [3.05, 3.63) is 35.0 Å². The Balaban J connectivity index is 2.74. The molecular formula is C10H10ClN. The first-order valence-electron chi connectivity index (χ1n) is 4.07. The van der Waals surface area contributed by atoms with E-state index in [1.54, 1.807) is 0 Å². The van der Waals surface area contributed by atoms with E-state index in [1.807, 2.05) is 12.1 Å². The molecule has 2 aromatic rings. The molecule has 62 valence electrons. The lowest BCUT2D eigenvalue weighted by atomic mass is 10.2. The summed E-state index contributed by atoms with van der Waals surface area (Å²) in [6.07, 6.45) is 1.02. The van der Waals surface area contributed by atoms with Gasteiger partial charge in [-0.3, -0.25) is 0 Å². The van der Waals surface area contributed by atoms with Crippen molar-refractivity contribution in [2.45, 2.75) is 13.3 Å². The predicted molar refractivity (Wildman–Crippen MR) is 52.7 cm³/mol. The van der Waals surface area contributed by atoms with Gasteiger partial charge in [-0.25, -0.2) is 0 Å². The lowest BCUT2D eigenvalue weighted by Crippen LogP contribution is -1.75. The van der Waals surface area contributed by atoms with Crippen molar-refractivity contribution >= 4 is 22.5 Å². The summed E-state index contributed by atoms with van der Waals surface area (Å²) in [7, 11) is 0. The number of hydrogen-bond acceptors (Lipinski definition) is 0. The molecule has 12 heavy (non-hydrogen) atoms. The third-order valence-electron chi connectivity index (χ3n) is 2.04. The first-order valence-corrected chi connectivity index (χ1v) is 4.45. The molecule has 0 unspecified atom stereocenters. The van der Waals surface area contributed by atoms with Crippen molar-refractivity contribution in [1.82, 2.24) is 4.98 Å². The zero-order chi connectivity index (χ0) is 8.55. The van der Waals surface area contributed by atoms with Crippen LogP contribution in [0.4, 0.5) is 0 Å². The Morgan fingerprint density at radius 2 is 2.25 bits per heavy atom. The van der Waals surface area contributed by atoms with Crippen LogP contribution in [0.5, 0.6) is 0 Å². The zero-order valence-corrected chi connectivity index (χ0v) is 7.65. The normalized spacial score (nSPS) is 10.8. The van der Waals surface area contributed by atoms with Gasteiger partial charge < -0.3 is 4.98 Å². The van der Waals surface area contributed by atoms with Crippen molar-refractivity contribution in [2.24, 2.45) is 0 Å². The van der Waals surface area contributed by atoms with Gasteiger partial charge in [0.2, 0.25) is 0 Å². The average molecular weight is 180 g/mol. The number of fused-ring (bicyclic) bond motifs is 1. The maximum absolute atomic E-state index is 6.00. The second-order valence-electron chi connectivity index (χ2n) is 2.85. The predicted octanol–water partition coefficient (Wildman–Crippen LogP) is 3.38. The topological polar surface area (TPSA) is 15.8 Å². The van der Waals surface area contributed by atoms with Gasteiger partial charge in [0.25, 0.3) is 0 Å². The highest BCUT2D eigenvalue weighted by Gasteiger charge is 2.01. The molecule has 0 aliphatic heterocycles. The molecule has 1 N–H and O–H groups in total. The fourth-order valence-corrected chi connectivity index (χ4v) is 1.60. The van der Waals surface area contributed by atoms with Crippen LogP contribution in [-0.4, -0.2) is 4.98 Å². The first kappa shape index (κ1) is 7.69. The summed E-state index contributed by atoms with van der Waals surface area (Å²) in [5.41, 5.74) is 2.29. The van der Waals surface area contributed by atoms with Gasteiger partial charge >= 0.3 is 0 Å². The van der Waals surface area contributed by atoms with Crippen molar-refractivity contribution in [1.29, 1.82) is 0 Å². The fraction of sp³-hybridized carbons (Fsp3) is 0.200. The molecule has 0 amide bonds. The number of hydrogen-bond donors (Lipinski definition) is 1. The number of nitrogens with one attached hydrogen (secondary N) is 1. The van der Waals surface area contributed by atoms with Gasteiger partial charge in [0.1, 0.15) is 0 Å². The highest BCUT2D eigenvalue weighted by atomic mass is 35.5. The quantitative estimate of drug-likeness (QED) is 0.691. The minimum Gasteiger partial charge on any atom is -0.357 e. The minimum atomic E-state index is 0.798.